The molecule has 0 saturated heterocycles. The van der Waals surface area contributed by atoms with Crippen molar-refractivity contribution in [2.45, 2.75) is 58.1 Å². The minimum absolute atomic E-state index is 0.0242. The highest BCUT2D eigenvalue weighted by atomic mass is 16.5. The Kier molecular flexibility index (Phi) is 7.51. The third-order valence-electron chi connectivity index (χ3n) is 6.10. The number of carbonyl (C=O) groups excluding carboxylic acids is 2. The summed E-state index contributed by atoms with van der Waals surface area (Å²) in [6, 6.07) is 19.2. The van der Waals surface area contributed by atoms with Crippen molar-refractivity contribution in [3.63, 3.8) is 0 Å². The molecule has 0 bridgehead atoms. The van der Waals surface area contributed by atoms with Crippen molar-refractivity contribution in [2.75, 3.05) is 0 Å². The summed E-state index contributed by atoms with van der Waals surface area (Å²) in [6.07, 6.45) is 6.67. The van der Waals surface area contributed by atoms with Crippen LogP contribution < -0.4 is 10.1 Å². The molecule has 0 aliphatic heterocycles. The fourth-order valence-corrected chi connectivity index (χ4v) is 4.19. The molecule has 1 heterocycles. The van der Waals surface area contributed by atoms with Crippen molar-refractivity contribution < 1.29 is 14.3 Å². The average Bonchev–Trinajstić information content (AvgIpc) is 2.86. The normalized spacial score (nSPS) is 13.6. The van der Waals surface area contributed by atoms with Gasteiger partial charge in [0.2, 0.25) is 5.91 Å². The third-order valence-corrected chi connectivity index (χ3v) is 6.10. The molecule has 0 fully saturated rings. The lowest BCUT2D eigenvalue weighted by Gasteiger charge is -2.17. The van der Waals surface area contributed by atoms with E-state index in [0.717, 1.165) is 29.8 Å². The van der Waals surface area contributed by atoms with Gasteiger partial charge in [-0.25, -0.2) is 0 Å². The summed E-state index contributed by atoms with van der Waals surface area (Å²) in [5, 5.41) is 2.99. The van der Waals surface area contributed by atoms with Gasteiger partial charge in [0, 0.05) is 24.6 Å². The highest BCUT2D eigenvalue weighted by Crippen LogP contribution is 2.23. The standard InChI is InChI=1S/C28H30N2O3/c1-20(22-9-6-11-26(18-22)33-19-25-10-4-5-16-29-25)30-28(32)15-14-27(31)24-13-12-21-7-2-3-8-23(21)17-24/h4-6,9-13,16-18,20H,2-3,7-8,14-15,19H2,1H3,(H,30,32). The Morgan fingerprint density at radius 2 is 1.82 bits per heavy atom. The summed E-state index contributed by atoms with van der Waals surface area (Å²) in [4.78, 5) is 29.4. The van der Waals surface area contributed by atoms with E-state index in [1.165, 1.54) is 24.0 Å². The van der Waals surface area contributed by atoms with Gasteiger partial charge in [0.05, 0.1) is 11.7 Å². The smallest absolute Gasteiger partial charge is 0.220 e. The lowest BCUT2D eigenvalue weighted by Crippen LogP contribution is -2.27. The molecule has 1 amide bonds. The predicted octanol–water partition coefficient (Wildman–Crippen LogP) is 5.38. The zero-order valence-corrected chi connectivity index (χ0v) is 19.0. The van der Waals surface area contributed by atoms with Crippen molar-refractivity contribution in [1.82, 2.24) is 10.3 Å². The summed E-state index contributed by atoms with van der Waals surface area (Å²) in [6.45, 7) is 2.32. The van der Waals surface area contributed by atoms with Gasteiger partial charge in [0.15, 0.2) is 5.78 Å². The molecule has 1 unspecified atom stereocenters. The molecule has 0 radical (unpaired) electrons. The SMILES string of the molecule is CC(NC(=O)CCC(=O)c1ccc2c(c1)CCCC2)c1cccc(OCc2ccccn2)c1. The summed E-state index contributed by atoms with van der Waals surface area (Å²) >= 11 is 0. The summed E-state index contributed by atoms with van der Waals surface area (Å²) in [5.41, 5.74) is 5.16. The lowest BCUT2D eigenvalue weighted by molar-refractivity contribution is -0.121. The van der Waals surface area contributed by atoms with Crippen molar-refractivity contribution in [1.29, 1.82) is 0 Å². The van der Waals surface area contributed by atoms with Crippen LogP contribution in [0.3, 0.4) is 0 Å². The van der Waals surface area contributed by atoms with Gasteiger partial charge in [-0.2, -0.15) is 0 Å². The molecule has 2 aromatic carbocycles. The Balaban J connectivity index is 1.27. The topological polar surface area (TPSA) is 68.3 Å². The molecule has 1 aromatic heterocycles. The first-order chi connectivity index (χ1) is 16.1. The van der Waals surface area contributed by atoms with Crippen molar-refractivity contribution in [3.8, 4) is 5.75 Å². The van der Waals surface area contributed by atoms with Gasteiger partial charge in [-0.1, -0.05) is 30.3 Å². The largest absolute Gasteiger partial charge is 0.487 e. The van der Waals surface area contributed by atoms with Gasteiger partial charge in [0.1, 0.15) is 12.4 Å². The molecule has 1 aliphatic rings. The van der Waals surface area contributed by atoms with Crippen LogP contribution in [0.15, 0.2) is 66.9 Å². The molecule has 1 N–H and O–H groups in total. The zero-order valence-electron chi connectivity index (χ0n) is 19.0. The Bertz CT molecular complexity index is 1110. The molecule has 1 aliphatic carbocycles. The van der Waals surface area contributed by atoms with E-state index < -0.39 is 0 Å². The van der Waals surface area contributed by atoms with Gasteiger partial charge in [0.25, 0.3) is 0 Å². The molecule has 0 spiro atoms. The van der Waals surface area contributed by atoms with Gasteiger partial charge >= 0.3 is 0 Å². The highest BCUT2D eigenvalue weighted by molar-refractivity contribution is 5.98. The molecular weight excluding hydrogens is 412 g/mol. The first-order valence-electron chi connectivity index (χ1n) is 11.7. The van der Waals surface area contributed by atoms with E-state index in [0.29, 0.717) is 12.2 Å². The number of fused-ring (bicyclic) bond motifs is 1. The van der Waals surface area contributed by atoms with Crippen LogP contribution in [0, 0.1) is 0 Å². The second-order valence-corrected chi connectivity index (χ2v) is 8.59. The van der Waals surface area contributed by atoms with Crippen molar-refractivity contribution in [3.05, 3.63) is 94.8 Å². The number of hydrogen-bond acceptors (Lipinski definition) is 4. The fraction of sp³-hybridized carbons (Fsp3) is 0.321. The van der Waals surface area contributed by atoms with E-state index in [9.17, 15) is 9.59 Å². The molecule has 0 saturated carbocycles. The minimum atomic E-state index is -0.185. The number of benzene rings is 2. The van der Waals surface area contributed by atoms with Crippen LogP contribution in [0.2, 0.25) is 0 Å². The quantitative estimate of drug-likeness (QED) is 0.452. The summed E-state index contributed by atoms with van der Waals surface area (Å²) in [5.74, 6) is 0.617. The number of ether oxygens (including phenoxy) is 1. The Labute approximate surface area is 195 Å². The number of aryl methyl sites for hydroxylation is 2. The van der Waals surface area contributed by atoms with Crippen LogP contribution in [-0.4, -0.2) is 16.7 Å². The maximum Gasteiger partial charge on any atom is 0.220 e. The van der Waals surface area contributed by atoms with E-state index >= 15 is 0 Å². The van der Waals surface area contributed by atoms with Crippen LogP contribution in [0.1, 0.15) is 71.4 Å². The fourth-order valence-electron chi connectivity index (χ4n) is 4.19. The number of hydrogen-bond donors (Lipinski definition) is 1. The average molecular weight is 443 g/mol. The molecule has 4 rings (SSSR count). The second-order valence-electron chi connectivity index (χ2n) is 8.59. The van der Waals surface area contributed by atoms with Crippen LogP contribution >= 0.6 is 0 Å². The van der Waals surface area contributed by atoms with Gasteiger partial charge in [-0.3, -0.25) is 14.6 Å². The number of Topliss-reactive ketones (excluding diaryl/α,β-unsaturated/α-hetero) is 1. The molecule has 33 heavy (non-hydrogen) atoms. The second kappa shape index (κ2) is 10.9. The number of pyridine rings is 1. The van der Waals surface area contributed by atoms with E-state index in [2.05, 4.69) is 16.4 Å². The number of nitrogens with one attached hydrogen (secondary N) is 1. The maximum atomic E-state index is 12.6. The molecule has 1 atom stereocenters. The number of carbonyl (C=O) groups is 2. The number of amides is 1. The van der Waals surface area contributed by atoms with Gasteiger partial charge in [-0.15, -0.1) is 0 Å². The first kappa shape index (κ1) is 22.7. The molecular formula is C28H30N2O3. The third kappa shape index (κ3) is 6.28. The minimum Gasteiger partial charge on any atom is -0.487 e. The van der Waals surface area contributed by atoms with Gasteiger partial charge < -0.3 is 10.1 Å². The van der Waals surface area contributed by atoms with Crippen molar-refractivity contribution >= 4 is 11.7 Å². The Morgan fingerprint density at radius 3 is 2.64 bits per heavy atom. The van der Waals surface area contributed by atoms with Crippen molar-refractivity contribution in [2.24, 2.45) is 0 Å². The van der Waals surface area contributed by atoms with Crippen LogP contribution in [0.25, 0.3) is 0 Å². The van der Waals surface area contributed by atoms with E-state index in [4.69, 9.17) is 4.74 Å². The molecule has 5 heteroatoms. The predicted molar refractivity (Wildman–Crippen MR) is 128 cm³/mol. The number of nitrogens with zero attached hydrogens (tertiary/aromatic N) is 1. The number of rotatable bonds is 9. The van der Waals surface area contributed by atoms with Crippen LogP contribution in [0.5, 0.6) is 5.75 Å². The molecule has 5 nitrogen and oxygen atoms in total. The van der Waals surface area contributed by atoms with Gasteiger partial charge in [-0.05, 0) is 79.6 Å². The van der Waals surface area contributed by atoms with Crippen LogP contribution in [0.4, 0.5) is 0 Å². The molecule has 170 valence electrons. The zero-order chi connectivity index (χ0) is 23.0. The summed E-state index contributed by atoms with van der Waals surface area (Å²) in [7, 11) is 0. The van der Waals surface area contributed by atoms with E-state index in [1.54, 1.807) is 6.20 Å². The van der Waals surface area contributed by atoms with E-state index in [-0.39, 0.29) is 30.6 Å². The van der Waals surface area contributed by atoms with E-state index in [1.807, 2.05) is 61.5 Å². The monoisotopic (exact) mass is 442 g/mol. The summed E-state index contributed by atoms with van der Waals surface area (Å²) < 4.78 is 5.84. The highest BCUT2D eigenvalue weighted by Gasteiger charge is 2.15. The number of ketones is 1. The maximum absolute atomic E-state index is 12.6. The van der Waals surface area contributed by atoms with Crippen LogP contribution in [-0.2, 0) is 24.2 Å². The Hall–Kier alpha value is -3.47. The Morgan fingerprint density at radius 1 is 0.970 bits per heavy atom. The number of aromatic nitrogens is 1. The lowest BCUT2D eigenvalue weighted by atomic mass is 9.89. The first-order valence-corrected chi connectivity index (χ1v) is 11.7. The molecule has 3 aromatic rings.